The summed E-state index contributed by atoms with van der Waals surface area (Å²) in [5.41, 5.74) is 0.111. The Hall–Kier alpha value is -2.70. The number of nitrogens with one attached hydrogen (secondary N) is 2. The molecule has 0 unspecified atom stereocenters. The van der Waals surface area contributed by atoms with Gasteiger partial charge in [0.05, 0.1) is 12.8 Å². The third-order valence-electron chi connectivity index (χ3n) is 2.58. The molecule has 1 amide bonds. The fraction of sp³-hybridized carbons (Fsp3) is 0.154. The molecule has 1 aromatic carbocycles. The summed E-state index contributed by atoms with van der Waals surface area (Å²) in [6.07, 6.45) is 0. The number of nitrogens with zero attached hydrogens (tertiary/aromatic N) is 2. The molecule has 2 N–H and O–H groups in total. The molecular formula is C13H13FN4O2. The Labute approximate surface area is 115 Å². The van der Waals surface area contributed by atoms with Gasteiger partial charge in [-0.2, -0.15) is 0 Å². The van der Waals surface area contributed by atoms with E-state index in [-0.39, 0.29) is 11.4 Å². The summed E-state index contributed by atoms with van der Waals surface area (Å²) in [6, 6.07) is 7.16. The predicted molar refractivity (Wildman–Crippen MR) is 72.5 cm³/mol. The minimum absolute atomic E-state index is 0.0221. The first-order valence-corrected chi connectivity index (χ1v) is 5.80. The maximum Gasteiger partial charge on any atom is 0.276 e. The van der Waals surface area contributed by atoms with Gasteiger partial charge in [0.2, 0.25) is 0 Å². The summed E-state index contributed by atoms with van der Waals surface area (Å²) >= 11 is 0. The molecule has 0 saturated heterocycles. The van der Waals surface area contributed by atoms with Crippen LogP contribution in [0.4, 0.5) is 15.9 Å². The molecule has 2 rings (SSSR count). The smallest absolute Gasteiger partial charge is 0.276 e. The highest BCUT2D eigenvalue weighted by molar-refractivity contribution is 6.02. The summed E-state index contributed by atoms with van der Waals surface area (Å²) in [6.45, 7) is 0. The average molecular weight is 276 g/mol. The van der Waals surface area contributed by atoms with Gasteiger partial charge in [0, 0.05) is 13.1 Å². The first kappa shape index (κ1) is 13.7. The summed E-state index contributed by atoms with van der Waals surface area (Å²) in [7, 11) is 3.15. The zero-order valence-corrected chi connectivity index (χ0v) is 11.0. The van der Waals surface area contributed by atoms with Crippen LogP contribution in [0.25, 0.3) is 0 Å². The number of halogens is 1. The van der Waals surface area contributed by atoms with Gasteiger partial charge in [-0.3, -0.25) is 4.79 Å². The second-order valence-electron chi connectivity index (χ2n) is 3.85. The quantitative estimate of drug-likeness (QED) is 0.892. The fourth-order valence-electron chi connectivity index (χ4n) is 1.50. The molecule has 0 atom stereocenters. The largest absolute Gasteiger partial charge is 0.497 e. The van der Waals surface area contributed by atoms with Crippen molar-refractivity contribution in [2.24, 2.45) is 0 Å². The summed E-state index contributed by atoms with van der Waals surface area (Å²) in [5.74, 6) is -0.126. The van der Waals surface area contributed by atoms with Gasteiger partial charge in [0.1, 0.15) is 17.4 Å². The van der Waals surface area contributed by atoms with E-state index in [9.17, 15) is 9.18 Å². The lowest BCUT2D eigenvalue weighted by Gasteiger charge is -2.08. The number of ether oxygens (including phenoxy) is 1. The van der Waals surface area contributed by atoms with Crippen LogP contribution in [0.1, 0.15) is 10.5 Å². The molecular weight excluding hydrogens is 263 g/mol. The summed E-state index contributed by atoms with van der Waals surface area (Å²) in [4.78, 5) is 11.9. The number of amides is 1. The minimum atomic E-state index is -0.557. The van der Waals surface area contributed by atoms with Crippen LogP contribution < -0.4 is 15.4 Å². The van der Waals surface area contributed by atoms with Crippen molar-refractivity contribution in [3.8, 4) is 5.75 Å². The van der Waals surface area contributed by atoms with Crippen molar-refractivity contribution in [1.82, 2.24) is 10.2 Å². The predicted octanol–water partition coefficient (Wildman–Crippen LogP) is 1.92. The van der Waals surface area contributed by atoms with Crippen LogP contribution >= 0.6 is 0 Å². The lowest BCUT2D eigenvalue weighted by atomic mass is 10.2. The number of hydrogen-bond acceptors (Lipinski definition) is 5. The second-order valence-corrected chi connectivity index (χ2v) is 3.85. The van der Waals surface area contributed by atoms with Gasteiger partial charge in [-0.15, -0.1) is 10.2 Å². The van der Waals surface area contributed by atoms with E-state index in [4.69, 9.17) is 4.74 Å². The zero-order chi connectivity index (χ0) is 14.5. The average Bonchev–Trinajstić information content (AvgIpc) is 2.49. The molecule has 0 bridgehead atoms. The molecule has 2 aromatic rings. The number of methoxy groups -OCH3 is 1. The Balaban J connectivity index is 2.18. The lowest BCUT2D eigenvalue weighted by Crippen LogP contribution is -2.15. The topological polar surface area (TPSA) is 76.1 Å². The molecule has 1 aromatic heterocycles. The van der Waals surface area contributed by atoms with Crippen molar-refractivity contribution in [2.45, 2.75) is 0 Å². The van der Waals surface area contributed by atoms with Crippen LogP contribution in [-0.4, -0.2) is 30.3 Å². The first-order valence-electron chi connectivity index (χ1n) is 5.80. The zero-order valence-electron chi connectivity index (χ0n) is 11.0. The van der Waals surface area contributed by atoms with E-state index in [1.54, 1.807) is 13.1 Å². The third kappa shape index (κ3) is 3.00. The number of carbonyl (C=O) groups excluding carboxylic acids is 1. The maximum atomic E-state index is 13.6. The molecule has 20 heavy (non-hydrogen) atoms. The van der Waals surface area contributed by atoms with Gasteiger partial charge >= 0.3 is 0 Å². The number of aromatic nitrogens is 2. The Morgan fingerprint density at radius 2 is 2.05 bits per heavy atom. The van der Waals surface area contributed by atoms with Gasteiger partial charge in [-0.1, -0.05) is 0 Å². The van der Waals surface area contributed by atoms with Gasteiger partial charge < -0.3 is 15.4 Å². The van der Waals surface area contributed by atoms with Crippen molar-refractivity contribution in [3.05, 3.63) is 41.8 Å². The SMILES string of the molecule is CNc1ccc(C(=O)Nc2cc(OC)ccc2F)nn1. The second kappa shape index (κ2) is 5.96. The normalized spacial score (nSPS) is 9.95. The highest BCUT2D eigenvalue weighted by atomic mass is 19.1. The number of anilines is 2. The molecule has 0 aliphatic heterocycles. The van der Waals surface area contributed by atoms with Crippen LogP contribution in [-0.2, 0) is 0 Å². The van der Waals surface area contributed by atoms with Crippen molar-refractivity contribution < 1.29 is 13.9 Å². The highest BCUT2D eigenvalue weighted by Crippen LogP contribution is 2.21. The first-order chi connectivity index (χ1) is 9.63. The Morgan fingerprint density at radius 1 is 1.25 bits per heavy atom. The van der Waals surface area contributed by atoms with E-state index in [0.717, 1.165) is 0 Å². The fourth-order valence-corrected chi connectivity index (χ4v) is 1.50. The van der Waals surface area contributed by atoms with E-state index in [1.807, 2.05) is 0 Å². The van der Waals surface area contributed by atoms with Crippen LogP contribution in [0.15, 0.2) is 30.3 Å². The third-order valence-corrected chi connectivity index (χ3v) is 2.58. The van der Waals surface area contributed by atoms with Crippen LogP contribution in [0.2, 0.25) is 0 Å². The summed E-state index contributed by atoms with van der Waals surface area (Å²) in [5, 5.41) is 12.7. The molecule has 7 heteroatoms. The van der Waals surface area contributed by atoms with E-state index in [0.29, 0.717) is 11.6 Å². The monoisotopic (exact) mass is 276 g/mol. The van der Waals surface area contributed by atoms with E-state index in [1.165, 1.54) is 31.4 Å². The highest BCUT2D eigenvalue weighted by Gasteiger charge is 2.12. The van der Waals surface area contributed by atoms with Crippen molar-refractivity contribution in [2.75, 3.05) is 24.8 Å². The van der Waals surface area contributed by atoms with Gasteiger partial charge in [0.25, 0.3) is 5.91 Å². The molecule has 1 heterocycles. The Morgan fingerprint density at radius 3 is 2.65 bits per heavy atom. The molecule has 0 aliphatic carbocycles. The maximum absolute atomic E-state index is 13.6. The number of hydrogen-bond donors (Lipinski definition) is 2. The van der Waals surface area contributed by atoms with E-state index in [2.05, 4.69) is 20.8 Å². The van der Waals surface area contributed by atoms with Crippen molar-refractivity contribution in [3.63, 3.8) is 0 Å². The molecule has 0 radical (unpaired) electrons. The molecule has 0 aliphatic rings. The van der Waals surface area contributed by atoms with Crippen LogP contribution in [0.5, 0.6) is 5.75 Å². The number of carbonyl (C=O) groups is 1. The number of rotatable bonds is 4. The van der Waals surface area contributed by atoms with Gasteiger partial charge in [-0.25, -0.2) is 4.39 Å². The standard InChI is InChI=1S/C13H13FN4O2/c1-15-12-6-5-10(17-18-12)13(19)16-11-7-8(20-2)3-4-9(11)14/h3-7H,1-2H3,(H,15,18)(H,16,19). The van der Waals surface area contributed by atoms with E-state index >= 15 is 0 Å². The minimum Gasteiger partial charge on any atom is -0.497 e. The van der Waals surface area contributed by atoms with Crippen molar-refractivity contribution in [1.29, 1.82) is 0 Å². The van der Waals surface area contributed by atoms with E-state index < -0.39 is 11.7 Å². The Bertz CT molecular complexity index is 616. The van der Waals surface area contributed by atoms with Crippen LogP contribution in [0, 0.1) is 5.82 Å². The molecule has 0 fully saturated rings. The molecule has 0 spiro atoms. The Kier molecular flexibility index (Phi) is 4.09. The lowest BCUT2D eigenvalue weighted by molar-refractivity contribution is 0.102. The van der Waals surface area contributed by atoms with Crippen LogP contribution in [0.3, 0.4) is 0 Å². The molecule has 6 nitrogen and oxygen atoms in total. The number of benzene rings is 1. The molecule has 0 saturated carbocycles. The molecule has 104 valence electrons. The van der Waals surface area contributed by atoms with Gasteiger partial charge in [-0.05, 0) is 24.3 Å². The van der Waals surface area contributed by atoms with Gasteiger partial charge in [0.15, 0.2) is 5.69 Å². The van der Waals surface area contributed by atoms with Crippen molar-refractivity contribution >= 4 is 17.4 Å². The summed E-state index contributed by atoms with van der Waals surface area (Å²) < 4.78 is 18.6.